The monoisotopic (exact) mass is 244 g/mol. The number of carbonyl (C=O) groups excluding carboxylic acids is 1. The molecule has 0 radical (unpaired) electrons. The number of aliphatic hydroxyl groups is 1. The van der Waals surface area contributed by atoms with Crippen LogP contribution >= 0.6 is 0 Å². The van der Waals surface area contributed by atoms with Crippen molar-refractivity contribution >= 4 is 12.0 Å². The van der Waals surface area contributed by atoms with Crippen LogP contribution in [0.1, 0.15) is 26.2 Å². The number of likely N-dealkylation sites (N-methyl/N-ethyl adjacent to an activating group) is 1. The van der Waals surface area contributed by atoms with E-state index in [0.29, 0.717) is 32.4 Å². The quantitative estimate of drug-likeness (QED) is 0.647. The fourth-order valence-electron chi connectivity index (χ4n) is 2.13. The van der Waals surface area contributed by atoms with Crippen molar-refractivity contribution in [3.63, 3.8) is 0 Å². The van der Waals surface area contributed by atoms with E-state index in [1.54, 1.807) is 0 Å². The fourth-order valence-corrected chi connectivity index (χ4v) is 2.13. The van der Waals surface area contributed by atoms with E-state index in [2.05, 4.69) is 5.32 Å². The minimum absolute atomic E-state index is 0.0589. The van der Waals surface area contributed by atoms with E-state index >= 15 is 0 Å². The van der Waals surface area contributed by atoms with Crippen molar-refractivity contribution < 1.29 is 19.8 Å². The van der Waals surface area contributed by atoms with Gasteiger partial charge in [-0.25, -0.2) is 4.79 Å². The highest BCUT2D eigenvalue weighted by atomic mass is 16.4. The van der Waals surface area contributed by atoms with Gasteiger partial charge in [0.05, 0.1) is 12.5 Å². The molecular formula is C11H20N2O4. The first-order valence-electron chi connectivity index (χ1n) is 5.97. The number of aliphatic hydroxyl groups excluding tert-OH is 1. The van der Waals surface area contributed by atoms with Crippen molar-refractivity contribution in [1.29, 1.82) is 0 Å². The Balaban J connectivity index is 2.39. The molecule has 0 heterocycles. The van der Waals surface area contributed by atoms with Gasteiger partial charge in [-0.15, -0.1) is 0 Å². The van der Waals surface area contributed by atoms with Crippen molar-refractivity contribution in [2.24, 2.45) is 5.92 Å². The summed E-state index contributed by atoms with van der Waals surface area (Å²) in [6.07, 6.45) is 1.82. The Morgan fingerprint density at radius 2 is 2.12 bits per heavy atom. The van der Waals surface area contributed by atoms with Gasteiger partial charge in [0.15, 0.2) is 0 Å². The van der Waals surface area contributed by atoms with Gasteiger partial charge in [0, 0.05) is 19.1 Å². The van der Waals surface area contributed by atoms with Crippen LogP contribution in [-0.2, 0) is 4.79 Å². The van der Waals surface area contributed by atoms with Crippen LogP contribution < -0.4 is 5.32 Å². The maximum atomic E-state index is 11.8. The van der Waals surface area contributed by atoms with Crippen LogP contribution in [0.25, 0.3) is 0 Å². The van der Waals surface area contributed by atoms with Gasteiger partial charge in [-0.3, -0.25) is 4.79 Å². The van der Waals surface area contributed by atoms with Crippen molar-refractivity contribution in [3.05, 3.63) is 0 Å². The second-order valence-corrected chi connectivity index (χ2v) is 4.30. The van der Waals surface area contributed by atoms with Gasteiger partial charge in [0.25, 0.3) is 0 Å². The second kappa shape index (κ2) is 6.44. The van der Waals surface area contributed by atoms with Gasteiger partial charge in [-0.2, -0.15) is 0 Å². The molecule has 0 saturated heterocycles. The third-order valence-electron chi connectivity index (χ3n) is 3.15. The van der Waals surface area contributed by atoms with Crippen molar-refractivity contribution in [3.8, 4) is 0 Å². The number of nitrogens with zero attached hydrogens (tertiary/aromatic N) is 1. The highest BCUT2D eigenvalue weighted by molar-refractivity contribution is 5.75. The number of aliphatic carboxylic acids is 1. The minimum atomic E-state index is -0.788. The average molecular weight is 244 g/mol. The number of carbonyl (C=O) groups is 2. The largest absolute Gasteiger partial charge is 0.481 e. The number of amides is 2. The van der Waals surface area contributed by atoms with Gasteiger partial charge in [0.1, 0.15) is 0 Å². The Kier molecular flexibility index (Phi) is 5.21. The van der Waals surface area contributed by atoms with Crippen LogP contribution in [0.5, 0.6) is 0 Å². The summed E-state index contributed by atoms with van der Waals surface area (Å²) in [5.41, 5.74) is 0. The number of urea groups is 1. The Morgan fingerprint density at radius 1 is 1.41 bits per heavy atom. The molecule has 0 aromatic carbocycles. The third kappa shape index (κ3) is 3.89. The molecule has 0 bridgehead atoms. The van der Waals surface area contributed by atoms with E-state index in [1.807, 2.05) is 6.92 Å². The van der Waals surface area contributed by atoms with E-state index in [1.165, 1.54) is 4.90 Å². The molecule has 1 rings (SSSR count). The topological polar surface area (TPSA) is 89.9 Å². The number of nitrogens with one attached hydrogen (secondary N) is 1. The molecule has 1 saturated carbocycles. The summed E-state index contributed by atoms with van der Waals surface area (Å²) >= 11 is 0. The first kappa shape index (κ1) is 13.8. The fraction of sp³-hybridized carbons (Fsp3) is 0.818. The van der Waals surface area contributed by atoms with Gasteiger partial charge in [-0.1, -0.05) is 0 Å². The molecule has 1 fully saturated rings. The van der Waals surface area contributed by atoms with Crippen molar-refractivity contribution in [2.75, 3.05) is 19.7 Å². The Labute approximate surface area is 101 Å². The number of hydrogen-bond donors (Lipinski definition) is 3. The Hall–Kier alpha value is -1.30. The summed E-state index contributed by atoms with van der Waals surface area (Å²) < 4.78 is 0. The van der Waals surface area contributed by atoms with E-state index < -0.39 is 5.97 Å². The molecule has 1 aliphatic carbocycles. The minimum Gasteiger partial charge on any atom is -0.481 e. The molecule has 6 nitrogen and oxygen atoms in total. The first-order valence-corrected chi connectivity index (χ1v) is 5.97. The van der Waals surface area contributed by atoms with Crippen LogP contribution in [0.2, 0.25) is 0 Å². The molecule has 98 valence electrons. The van der Waals surface area contributed by atoms with Gasteiger partial charge < -0.3 is 20.4 Å². The summed E-state index contributed by atoms with van der Waals surface area (Å²) in [6, 6.07) is -0.283. The van der Waals surface area contributed by atoms with Crippen LogP contribution in [-0.4, -0.2) is 52.9 Å². The SMILES string of the molecule is CCN(CCO)C(=O)N[C@H]1CC[C@@H](C(=O)O)C1. The maximum absolute atomic E-state index is 11.8. The molecule has 3 N–H and O–H groups in total. The lowest BCUT2D eigenvalue weighted by atomic mass is 10.1. The number of rotatable bonds is 5. The molecule has 6 heteroatoms. The molecule has 0 aromatic heterocycles. The van der Waals surface area contributed by atoms with E-state index in [-0.39, 0.29) is 24.6 Å². The van der Waals surface area contributed by atoms with Crippen LogP contribution in [0.15, 0.2) is 0 Å². The third-order valence-corrected chi connectivity index (χ3v) is 3.15. The normalized spacial score (nSPS) is 23.4. The molecule has 0 aliphatic heterocycles. The Morgan fingerprint density at radius 3 is 2.59 bits per heavy atom. The first-order chi connectivity index (χ1) is 8.08. The molecule has 0 spiro atoms. The molecule has 2 atom stereocenters. The molecule has 17 heavy (non-hydrogen) atoms. The lowest BCUT2D eigenvalue weighted by Gasteiger charge is -2.22. The molecule has 1 aliphatic rings. The van der Waals surface area contributed by atoms with E-state index in [0.717, 1.165) is 0 Å². The number of hydrogen-bond acceptors (Lipinski definition) is 3. The van der Waals surface area contributed by atoms with Crippen LogP contribution in [0.4, 0.5) is 4.79 Å². The van der Waals surface area contributed by atoms with Crippen molar-refractivity contribution in [1.82, 2.24) is 10.2 Å². The molecule has 0 unspecified atom stereocenters. The summed E-state index contributed by atoms with van der Waals surface area (Å²) in [4.78, 5) is 24.0. The van der Waals surface area contributed by atoms with E-state index in [4.69, 9.17) is 10.2 Å². The second-order valence-electron chi connectivity index (χ2n) is 4.30. The van der Waals surface area contributed by atoms with Gasteiger partial charge >= 0.3 is 12.0 Å². The predicted molar refractivity (Wildman–Crippen MR) is 61.6 cm³/mol. The van der Waals surface area contributed by atoms with Crippen LogP contribution in [0.3, 0.4) is 0 Å². The maximum Gasteiger partial charge on any atom is 0.317 e. The van der Waals surface area contributed by atoms with E-state index in [9.17, 15) is 9.59 Å². The Bertz CT molecular complexity index is 283. The summed E-state index contributed by atoms with van der Waals surface area (Å²) in [6.45, 7) is 2.60. The molecule has 0 aromatic rings. The zero-order chi connectivity index (χ0) is 12.8. The summed E-state index contributed by atoms with van der Waals surface area (Å²) in [5, 5.41) is 20.5. The lowest BCUT2D eigenvalue weighted by molar-refractivity contribution is -0.141. The zero-order valence-electron chi connectivity index (χ0n) is 10.1. The zero-order valence-corrected chi connectivity index (χ0v) is 10.1. The highest BCUT2D eigenvalue weighted by Gasteiger charge is 2.31. The molecular weight excluding hydrogens is 224 g/mol. The number of carboxylic acids is 1. The lowest BCUT2D eigenvalue weighted by Crippen LogP contribution is -2.45. The smallest absolute Gasteiger partial charge is 0.317 e. The number of carboxylic acid groups (broad SMARTS) is 1. The van der Waals surface area contributed by atoms with Crippen molar-refractivity contribution in [2.45, 2.75) is 32.2 Å². The summed E-state index contributed by atoms with van der Waals surface area (Å²) in [5.74, 6) is -1.13. The van der Waals surface area contributed by atoms with Crippen LogP contribution in [0, 0.1) is 5.92 Å². The summed E-state index contributed by atoms with van der Waals surface area (Å²) in [7, 11) is 0. The standard InChI is InChI=1S/C11H20N2O4/c1-2-13(5-6-14)11(17)12-9-4-3-8(7-9)10(15)16/h8-9,14H,2-7H2,1H3,(H,12,17)(H,15,16)/t8-,9+/m1/s1. The average Bonchev–Trinajstić information content (AvgIpc) is 2.74. The van der Waals surface area contributed by atoms with Gasteiger partial charge in [-0.05, 0) is 26.2 Å². The molecule has 2 amide bonds. The van der Waals surface area contributed by atoms with Gasteiger partial charge in [0.2, 0.25) is 0 Å². The predicted octanol–water partition coefficient (Wildman–Crippen LogP) is 0.263. The highest BCUT2D eigenvalue weighted by Crippen LogP contribution is 2.25.